The van der Waals surface area contributed by atoms with E-state index in [0.29, 0.717) is 16.3 Å². The van der Waals surface area contributed by atoms with Crippen LogP contribution in [0.2, 0.25) is 5.02 Å². The van der Waals surface area contributed by atoms with Crippen molar-refractivity contribution < 1.29 is 14.1 Å². The second-order valence-corrected chi connectivity index (χ2v) is 10.7. The van der Waals surface area contributed by atoms with Gasteiger partial charge in [0.05, 0.1) is 13.1 Å². The summed E-state index contributed by atoms with van der Waals surface area (Å²) in [7, 11) is 0. The third kappa shape index (κ3) is 4.75. The smallest absolute Gasteiger partial charge is 0.274 e. The highest BCUT2D eigenvalue weighted by molar-refractivity contribution is 9.10. The predicted octanol–water partition coefficient (Wildman–Crippen LogP) is 5.38. The molecule has 0 aliphatic carbocycles. The molecule has 6 rings (SSSR count). The molecule has 0 unspecified atom stereocenters. The number of hydrogen-bond donors (Lipinski definition) is 2. The number of fused-ring (bicyclic) bond motifs is 1. The van der Waals surface area contributed by atoms with Crippen LogP contribution in [0, 0.1) is 0 Å². The summed E-state index contributed by atoms with van der Waals surface area (Å²) in [4.78, 5) is 43.7. The molecule has 0 saturated carbocycles. The van der Waals surface area contributed by atoms with E-state index in [2.05, 4.69) is 31.4 Å². The van der Waals surface area contributed by atoms with Crippen LogP contribution in [-0.4, -0.2) is 39.9 Å². The number of aromatic nitrogens is 2. The number of halogens is 2. The van der Waals surface area contributed by atoms with Crippen LogP contribution in [0.25, 0.3) is 22.2 Å². The maximum atomic E-state index is 13.4. The molecule has 1 fully saturated rings. The van der Waals surface area contributed by atoms with Gasteiger partial charge in [-0.1, -0.05) is 63.0 Å². The fraction of sp³-hybridized carbons (Fsp3) is 0.103. The number of likely N-dealkylation sites (tertiary alicyclic amines) is 1. The topological polar surface area (TPSA) is 108 Å². The van der Waals surface area contributed by atoms with E-state index >= 15 is 0 Å². The van der Waals surface area contributed by atoms with E-state index in [1.165, 1.54) is 0 Å². The third-order valence-electron chi connectivity index (χ3n) is 6.81. The molecule has 2 N–H and O–H groups in total. The van der Waals surface area contributed by atoms with E-state index in [0.717, 1.165) is 21.0 Å². The molecule has 0 radical (unpaired) electrons. The first-order chi connectivity index (χ1) is 18.8. The van der Waals surface area contributed by atoms with Crippen molar-refractivity contribution in [3.05, 3.63) is 122 Å². The lowest BCUT2D eigenvalue weighted by atomic mass is 9.81. The first kappa shape index (κ1) is 25.1. The molecular weight excluding hydrogens is 584 g/mol. The quantitative estimate of drug-likeness (QED) is 0.280. The summed E-state index contributed by atoms with van der Waals surface area (Å²) in [5, 5.41) is 8.36. The van der Waals surface area contributed by atoms with Gasteiger partial charge in [0.15, 0.2) is 11.5 Å². The van der Waals surface area contributed by atoms with Gasteiger partial charge in [-0.15, -0.1) is 0 Å². The Bertz CT molecular complexity index is 1770. The molecule has 39 heavy (non-hydrogen) atoms. The van der Waals surface area contributed by atoms with E-state index < -0.39 is 22.9 Å². The summed E-state index contributed by atoms with van der Waals surface area (Å²) >= 11 is 9.41. The van der Waals surface area contributed by atoms with Gasteiger partial charge in [0.1, 0.15) is 11.1 Å². The maximum absolute atomic E-state index is 13.4. The van der Waals surface area contributed by atoms with Crippen LogP contribution in [0.15, 0.2) is 98.7 Å². The summed E-state index contributed by atoms with van der Waals surface area (Å²) in [5.74, 6) is -0.427. The molecule has 0 bridgehead atoms. The van der Waals surface area contributed by atoms with E-state index in [1.54, 1.807) is 47.4 Å². The summed E-state index contributed by atoms with van der Waals surface area (Å²) in [5.41, 5.74) is 1.02. The van der Waals surface area contributed by atoms with Crippen molar-refractivity contribution in [3.8, 4) is 11.3 Å². The van der Waals surface area contributed by atoms with Gasteiger partial charge in [-0.3, -0.25) is 14.4 Å². The van der Waals surface area contributed by atoms with Crippen LogP contribution in [0.1, 0.15) is 26.4 Å². The molecule has 8 nitrogen and oxygen atoms in total. The third-order valence-corrected chi connectivity index (χ3v) is 7.59. The number of pyridine rings is 1. The van der Waals surface area contributed by atoms with Gasteiger partial charge in [0.25, 0.3) is 17.4 Å². The number of aromatic amines is 1. The van der Waals surface area contributed by atoms with Gasteiger partial charge in [-0.05, 0) is 59.5 Å². The first-order valence-electron chi connectivity index (χ1n) is 12.0. The highest BCUT2D eigenvalue weighted by Crippen LogP contribution is 2.34. The number of nitrogens with one attached hydrogen (secondary N) is 2. The number of H-pyrrole nitrogens is 1. The number of carbonyl (C=O) groups excluding carboxylic acids is 2. The van der Waals surface area contributed by atoms with Gasteiger partial charge in [-0.25, -0.2) is 0 Å². The molecule has 0 atom stereocenters. The zero-order chi connectivity index (χ0) is 27.1. The van der Waals surface area contributed by atoms with Crippen molar-refractivity contribution in [2.45, 2.75) is 5.54 Å². The SMILES string of the molecule is O=C(NC1(c2ccc(Br)cc2)CN(C(=O)c2cc3ccccc3[nH]c2=O)C1)c1cc(-c2ccc(Cl)cc2)on1. The summed E-state index contributed by atoms with van der Waals surface area (Å²) in [6, 6.07) is 25.0. The van der Waals surface area contributed by atoms with E-state index in [4.69, 9.17) is 16.1 Å². The second-order valence-electron chi connectivity index (χ2n) is 9.39. The standard InChI is InChI=1S/C29H20BrClN4O4/c30-20-9-7-19(8-10-20)29(33-27(37)24-14-25(39-34-24)17-5-11-21(31)12-6-17)15-35(16-29)28(38)22-13-18-3-1-2-4-23(18)32-26(22)36/h1-14H,15-16H2,(H,32,36)(H,33,37). The number of para-hydroxylation sites is 1. The Hall–Kier alpha value is -4.21. The highest BCUT2D eigenvalue weighted by Gasteiger charge is 2.48. The number of amides is 2. The van der Waals surface area contributed by atoms with Gasteiger partial charge in [-0.2, -0.15) is 0 Å². The second kappa shape index (κ2) is 9.83. The van der Waals surface area contributed by atoms with Crippen molar-refractivity contribution >= 4 is 50.2 Å². The Labute approximate surface area is 235 Å². The number of nitrogens with zero attached hydrogens (tertiary/aromatic N) is 2. The van der Waals surface area contributed by atoms with Crippen molar-refractivity contribution in [3.63, 3.8) is 0 Å². The average molecular weight is 604 g/mol. The molecule has 1 aliphatic heterocycles. The molecule has 2 amide bonds. The fourth-order valence-corrected chi connectivity index (χ4v) is 5.13. The molecule has 2 aromatic heterocycles. The van der Waals surface area contributed by atoms with Crippen molar-refractivity contribution in [2.24, 2.45) is 0 Å². The maximum Gasteiger partial charge on any atom is 0.274 e. The minimum absolute atomic E-state index is 0.0496. The number of rotatable bonds is 5. The molecule has 10 heteroatoms. The Morgan fingerprint density at radius 2 is 1.72 bits per heavy atom. The van der Waals surface area contributed by atoms with Gasteiger partial charge in [0.2, 0.25) is 0 Å². The van der Waals surface area contributed by atoms with Crippen molar-refractivity contribution in [1.29, 1.82) is 0 Å². The molecule has 3 aromatic carbocycles. The highest BCUT2D eigenvalue weighted by atomic mass is 79.9. The van der Waals surface area contributed by atoms with Crippen LogP contribution in [0.3, 0.4) is 0 Å². The van der Waals surface area contributed by atoms with Crippen LogP contribution in [-0.2, 0) is 5.54 Å². The molecule has 0 spiro atoms. The molecule has 1 saturated heterocycles. The monoisotopic (exact) mass is 602 g/mol. The molecule has 194 valence electrons. The minimum atomic E-state index is -0.879. The zero-order valence-corrected chi connectivity index (χ0v) is 22.6. The predicted molar refractivity (Wildman–Crippen MR) is 151 cm³/mol. The zero-order valence-electron chi connectivity index (χ0n) is 20.3. The molecular formula is C29H20BrClN4O4. The largest absolute Gasteiger partial charge is 0.355 e. The average Bonchev–Trinajstić information content (AvgIpc) is 3.41. The lowest BCUT2D eigenvalue weighted by Gasteiger charge is -2.50. The summed E-state index contributed by atoms with van der Waals surface area (Å²) in [6.45, 7) is 0.348. The van der Waals surface area contributed by atoms with Crippen LogP contribution < -0.4 is 10.9 Å². The minimum Gasteiger partial charge on any atom is -0.355 e. The van der Waals surface area contributed by atoms with Crippen LogP contribution in [0.5, 0.6) is 0 Å². The van der Waals surface area contributed by atoms with E-state index in [1.807, 2.05) is 42.5 Å². The normalized spacial score (nSPS) is 14.2. The summed E-state index contributed by atoms with van der Waals surface area (Å²) in [6.07, 6.45) is 0. The Kier molecular flexibility index (Phi) is 6.32. The van der Waals surface area contributed by atoms with E-state index in [-0.39, 0.29) is 24.3 Å². The van der Waals surface area contributed by atoms with Crippen LogP contribution >= 0.6 is 27.5 Å². The van der Waals surface area contributed by atoms with Crippen molar-refractivity contribution in [1.82, 2.24) is 20.4 Å². The Morgan fingerprint density at radius 3 is 2.46 bits per heavy atom. The number of benzene rings is 3. The van der Waals surface area contributed by atoms with Crippen LogP contribution in [0.4, 0.5) is 0 Å². The van der Waals surface area contributed by atoms with Gasteiger partial charge >= 0.3 is 0 Å². The Balaban J connectivity index is 1.26. The molecule has 5 aromatic rings. The number of hydrogen-bond acceptors (Lipinski definition) is 5. The molecule has 3 heterocycles. The lowest BCUT2D eigenvalue weighted by Crippen LogP contribution is -2.69. The van der Waals surface area contributed by atoms with Gasteiger partial charge < -0.3 is 19.7 Å². The first-order valence-corrected chi connectivity index (χ1v) is 13.2. The lowest BCUT2D eigenvalue weighted by molar-refractivity contribution is 0.0258. The summed E-state index contributed by atoms with van der Waals surface area (Å²) < 4.78 is 6.28. The Morgan fingerprint density at radius 1 is 1.00 bits per heavy atom. The van der Waals surface area contributed by atoms with Gasteiger partial charge in [0, 0.05) is 26.6 Å². The van der Waals surface area contributed by atoms with Crippen molar-refractivity contribution in [2.75, 3.05) is 13.1 Å². The molecule has 1 aliphatic rings. The number of carbonyl (C=O) groups is 2. The van der Waals surface area contributed by atoms with E-state index in [9.17, 15) is 14.4 Å². The fourth-order valence-electron chi connectivity index (χ4n) is 4.74.